The van der Waals surface area contributed by atoms with Crippen molar-refractivity contribution in [3.63, 3.8) is 0 Å². The fourth-order valence-electron chi connectivity index (χ4n) is 2.08. The molecule has 1 aromatic heterocycles. The van der Waals surface area contributed by atoms with Crippen molar-refractivity contribution in [1.82, 2.24) is 0 Å². The summed E-state index contributed by atoms with van der Waals surface area (Å²) in [5, 5.41) is 2.72. The third kappa shape index (κ3) is 2.72. The van der Waals surface area contributed by atoms with Gasteiger partial charge in [0.25, 0.3) is 8.07 Å². The van der Waals surface area contributed by atoms with Crippen LogP contribution in [0.4, 0.5) is 0 Å². The first-order valence-electron chi connectivity index (χ1n) is 6.32. The maximum absolute atomic E-state index is 2.31. The Kier molecular flexibility index (Phi) is 3.67. The number of benzene rings is 2. The number of hydrogen-bond acceptors (Lipinski definition) is 0. The second-order valence-corrected chi connectivity index (χ2v) is 6.36. The molecule has 0 aliphatic heterocycles. The first-order chi connectivity index (χ1) is 9.45. The Hall–Kier alpha value is -1.98. The van der Waals surface area contributed by atoms with Gasteiger partial charge < -0.3 is 0 Å². The molecular weight excluding hydrogens is 249 g/mol. The molecule has 0 spiro atoms. The van der Waals surface area contributed by atoms with Crippen LogP contribution in [0.2, 0.25) is 0 Å². The highest BCUT2D eigenvalue weighted by Gasteiger charge is 2.24. The fourth-order valence-corrected chi connectivity index (χ4v) is 4.24. The van der Waals surface area contributed by atoms with Gasteiger partial charge in [0.15, 0.2) is 12.4 Å². The lowest BCUT2D eigenvalue weighted by Crippen LogP contribution is -2.36. The molecule has 1 nitrogen and oxygen atoms in total. The molecule has 0 saturated carbocycles. The number of nitrogens with zero attached hydrogens (tertiary/aromatic N) is 1. The third-order valence-electron chi connectivity index (χ3n) is 2.93. The SMILES string of the molecule is c1ccc(P(c2ccccc2)[n+]2ccccc2)cc1. The van der Waals surface area contributed by atoms with Crippen LogP contribution in [0.15, 0.2) is 91.3 Å². The summed E-state index contributed by atoms with van der Waals surface area (Å²) in [4.78, 5) is 0. The predicted octanol–water partition coefficient (Wildman–Crippen LogP) is 2.87. The average Bonchev–Trinajstić information content (AvgIpc) is 2.51. The zero-order valence-corrected chi connectivity index (χ0v) is 11.4. The molecule has 0 aliphatic carbocycles. The van der Waals surface area contributed by atoms with E-state index in [1.807, 2.05) is 0 Å². The molecule has 1 heterocycles. The van der Waals surface area contributed by atoms with E-state index in [0.717, 1.165) is 0 Å². The minimum absolute atomic E-state index is 0.529. The fraction of sp³-hybridized carbons (Fsp3) is 0. The van der Waals surface area contributed by atoms with Crippen molar-refractivity contribution in [2.75, 3.05) is 0 Å². The van der Waals surface area contributed by atoms with Crippen LogP contribution >= 0.6 is 8.07 Å². The van der Waals surface area contributed by atoms with E-state index >= 15 is 0 Å². The van der Waals surface area contributed by atoms with Crippen molar-refractivity contribution in [3.8, 4) is 0 Å². The molecule has 0 radical (unpaired) electrons. The van der Waals surface area contributed by atoms with E-state index in [2.05, 4.69) is 95.6 Å². The lowest BCUT2D eigenvalue weighted by Gasteiger charge is -2.11. The van der Waals surface area contributed by atoms with E-state index in [9.17, 15) is 0 Å². The van der Waals surface area contributed by atoms with Gasteiger partial charge in [-0.1, -0.05) is 42.5 Å². The second kappa shape index (κ2) is 5.77. The van der Waals surface area contributed by atoms with Gasteiger partial charge in [0.05, 0.1) is 0 Å². The molecular formula is C17H15NP+. The Morgan fingerprint density at radius 3 is 1.42 bits per heavy atom. The van der Waals surface area contributed by atoms with Crippen molar-refractivity contribution in [2.45, 2.75) is 0 Å². The normalized spacial score (nSPS) is 10.6. The number of hydrogen-bond donors (Lipinski definition) is 0. The maximum atomic E-state index is 2.31. The van der Waals surface area contributed by atoms with Gasteiger partial charge in [0.2, 0.25) is 0 Å². The first kappa shape index (κ1) is 12.1. The van der Waals surface area contributed by atoms with Crippen molar-refractivity contribution in [1.29, 1.82) is 0 Å². The van der Waals surface area contributed by atoms with E-state index in [1.165, 1.54) is 10.6 Å². The van der Waals surface area contributed by atoms with Gasteiger partial charge >= 0.3 is 0 Å². The number of pyridine rings is 1. The minimum Gasteiger partial charge on any atom is -0.182 e. The van der Waals surface area contributed by atoms with E-state index in [1.54, 1.807) is 0 Å². The van der Waals surface area contributed by atoms with Crippen LogP contribution in [0.5, 0.6) is 0 Å². The molecule has 0 aliphatic rings. The summed E-state index contributed by atoms with van der Waals surface area (Å²) >= 11 is 0. The highest BCUT2D eigenvalue weighted by atomic mass is 31.1. The lowest BCUT2D eigenvalue weighted by molar-refractivity contribution is -0.507. The van der Waals surface area contributed by atoms with Crippen LogP contribution < -0.4 is 14.9 Å². The van der Waals surface area contributed by atoms with Crippen LogP contribution in [0, 0.1) is 0 Å². The highest BCUT2D eigenvalue weighted by Crippen LogP contribution is 2.26. The summed E-state index contributed by atoms with van der Waals surface area (Å²) in [5.74, 6) is 0. The van der Waals surface area contributed by atoms with Gasteiger partial charge in [-0.05, 0) is 24.3 Å². The van der Waals surface area contributed by atoms with Gasteiger partial charge in [-0.3, -0.25) is 0 Å². The molecule has 2 aromatic carbocycles. The number of rotatable bonds is 3. The van der Waals surface area contributed by atoms with E-state index < -0.39 is 8.07 Å². The highest BCUT2D eigenvalue weighted by molar-refractivity contribution is 7.66. The molecule has 0 fully saturated rings. The molecule has 0 saturated heterocycles. The molecule has 19 heavy (non-hydrogen) atoms. The largest absolute Gasteiger partial charge is 0.251 e. The molecule has 0 unspecified atom stereocenters. The van der Waals surface area contributed by atoms with Crippen LogP contribution in [-0.4, -0.2) is 0 Å². The Morgan fingerprint density at radius 1 is 0.526 bits per heavy atom. The Balaban J connectivity index is 2.12. The van der Waals surface area contributed by atoms with Gasteiger partial charge in [-0.25, -0.2) is 0 Å². The van der Waals surface area contributed by atoms with Crippen molar-refractivity contribution in [2.24, 2.45) is 0 Å². The zero-order chi connectivity index (χ0) is 12.9. The van der Waals surface area contributed by atoms with E-state index in [4.69, 9.17) is 0 Å². The number of aromatic nitrogens is 1. The van der Waals surface area contributed by atoms with Gasteiger partial charge in [0, 0.05) is 22.7 Å². The first-order valence-corrected chi connectivity index (χ1v) is 7.61. The van der Waals surface area contributed by atoms with Crippen LogP contribution in [0.3, 0.4) is 0 Å². The summed E-state index contributed by atoms with van der Waals surface area (Å²) in [7, 11) is -0.529. The monoisotopic (exact) mass is 264 g/mol. The quantitative estimate of drug-likeness (QED) is 0.640. The molecule has 3 rings (SSSR count). The summed E-state index contributed by atoms with van der Waals surface area (Å²) in [6, 6.07) is 27.6. The van der Waals surface area contributed by atoms with Gasteiger partial charge in [0.1, 0.15) is 0 Å². The van der Waals surface area contributed by atoms with E-state index in [-0.39, 0.29) is 0 Å². The van der Waals surface area contributed by atoms with Gasteiger partial charge in [-0.15, -0.1) is 0 Å². The molecule has 0 atom stereocenters. The maximum Gasteiger partial charge on any atom is 0.251 e. The average molecular weight is 264 g/mol. The van der Waals surface area contributed by atoms with Crippen molar-refractivity contribution >= 4 is 18.7 Å². The Morgan fingerprint density at radius 2 is 0.947 bits per heavy atom. The van der Waals surface area contributed by atoms with Crippen LogP contribution in [0.1, 0.15) is 0 Å². The summed E-state index contributed by atoms with van der Waals surface area (Å²) < 4.78 is 2.31. The third-order valence-corrected chi connectivity index (χ3v) is 5.24. The molecule has 3 aromatic rings. The summed E-state index contributed by atoms with van der Waals surface area (Å²) in [6.45, 7) is 0. The Bertz CT molecular complexity index is 529. The minimum atomic E-state index is -0.529. The molecule has 0 bridgehead atoms. The second-order valence-electron chi connectivity index (χ2n) is 4.24. The van der Waals surface area contributed by atoms with E-state index in [0.29, 0.717) is 0 Å². The van der Waals surface area contributed by atoms with Crippen LogP contribution in [0.25, 0.3) is 0 Å². The van der Waals surface area contributed by atoms with Crippen molar-refractivity contribution < 1.29 is 4.34 Å². The zero-order valence-electron chi connectivity index (χ0n) is 10.6. The molecule has 92 valence electrons. The standard InChI is InChI=1S/C17H15NP/c1-4-10-16(11-5-1)19(17-12-6-2-7-13-17)18-14-8-3-9-15-18/h1-15H/q+1. The summed E-state index contributed by atoms with van der Waals surface area (Å²) in [5.41, 5.74) is 0. The topological polar surface area (TPSA) is 3.88 Å². The molecule has 0 amide bonds. The lowest BCUT2D eigenvalue weighted by atomic mass is 10.4. The smallest absolute Gasteiger partial charge is 0.182 e. The molecule has 2 heteroatoms. The van der Waals surface area contributed by atoms with Gasteiger partial charge in [-0.2, -0.15) is 4.34 Å². The van der Waals surface area contributed by atoms with Crippen molar-refractivity contribution in [3.05, 3.63) is 91.3 Å². The Labute approximate surface area is 115 Å². The predicted molar refractivity (Wildman–Crippen MR) is 81.1 cm³/mol. The van der Waals surface area contributed by atoms with Crippen LogP contribution in [-0.2, 0) is 0 Å². The summed E-state index contributed by atoms with van der Waals surface area (Å²) in [6.07, 6.45) is 4.29. The molecule has 0 N–H and O–H groups in total.